The molecule has 4 heteroatoms. The lowest BCUT2D eigenvalue weighted by molar-refractivity contribution is 0.123. The highest BCUT2D eigenvalue weighted by molar-refractivity contribution is 5.41. The summed E-state index contributed by atoms with van der Waals surface area (Å²) in [7, 11) is 0. The van der Waals surface area contributed by atoms with Crippen LogP contribution in [0.1, 0.15) is 38.2 Å². The van der Waals surface area contributed by atoms with Crippen LogP contribution in [-0.4, -0.2) is 34.8 Å². The van der Waals surface area contributed by atoms with Crippen molar-refractivity contribution in [1.82, 2.24) is 9.97 Å². The second-order valence-electron chi connectivity index (χ2n) is 5.61. The number of hydrogen-bond acceptors (Lipinski definition) is 4. The molecule has 0 spiro atoms. The Balaban J connectivity index is 2.23. The molecule has 4 nitrogen and oxygen atoms in total. The Kier molecular flexibility index (Phi) is 3.85. The van der Waals surface area contributed by atoms with E-state index in [0.717, 1.165) is 49.7 Å². The zero-order valence-electron chi connectivity index (χ0n) is 11.6. The van der Waals surface area contributed by atoms with E-state index in [-0.39, 0.29) is 12.0 Å². The van der Waals surface area contributed by atoms with Gasteiger partial charge in [-0.2, -0.15) is 0 Å². The van der Waals surface area contributed by atoms with Crippen molar-refractivity contribution in [2.75, 3.05) is 24.6 Å². The Morgan fingerprint density at radius 2 is 2.22 bits per heavy atom. The van der Waals surface area contributed by atoms with Gasteiger partial charge in [-0.25, -0.2) is 9.97 Å². The molecule has 1 aliphatic rings. The molecule has 1 aromatic heterocycles. The molecule has 0 aromatic carbocycles. The molecule has 0 amide bonds. The molecule has 1 fully saturated rings. The highest BCUT2D eigenvalue weighted by Crippen LogP contribution is 2.31. The highest BCUT2D eigenvalue weighted by atomic mass is 16.3. The number of hydrogen-bond donors (Lipinski definition) is 1. The van der Waals surface area contributed by atoms with Gasteiger partial charge in [0.25, 0.3) is 0 Å². The number of piperidine rings is 1. The summed E-state index contributed by atoms with van der Waals surface area (Å²) < 4.78 is 0. The van der Waals surface area contributed by atoms with Crippen molar-refractivity contribution in [2.24, 2.45) is 5.41 Å². The molecule has 100 valence electrons. The number of aromatic nitrogens is 2. The largest absolute Gasteiger partial charge is 0.396 e. The minimum atomic E-state index is 0.00346. The third kappa shape index (κ3) is 2.80. The second kappa shape index (κ2) is 5.22. The lowest BCUT2D eigenvalue weighted by Crippen LogP contribution is -2.44. The van der Waals surface area contributed by atoms with Gasteiger partial charge in [-0.3, -0.25) is 0 Å². The van der Waals surface area contributed by atoms with Crippen molar-refractivity contribution in [3.05, 3.63) is 17.6 Å². The van der Waals surface area contributed by atoms with Crippen LogP contribution in [0.3, 0.4) is 0 Å². The Morgan fingerprint density at radius 1 is 1.44 bits per heavy atom. The first-order valence-electron chi connectivity index (χ1n) is 6.77. The number of aliphatic hydroxyl groups is 1. The second-order valence-corrected chi connectivity index (χ2v) is 5.61. The molecule has 1 unspecified atom stereocenters. The first kappa shape index (κ1) is 13.3. The zero-order valence-corrected chi connectivity index (χ0v) is 11.6. The lowest BCUT2D eigenvalue weighted by Gasteiger charge is -2.40. The van der Waals surface area contributed by atoms with Gasteiger partial charge in [0.1, 0.15) is 11.6 Å². The monoisotopic (exact) mass is 249 g/mol. The molecule has 1 saturated heterocycles. The van der Waals surface area contributed by atoms with E-state index in [4.69, 9.17) is 0 Å². The predicted molar refractivity (Wildman–Crippen MR) is 72.8 cm³/mol. The van der Waals surface area contributed by atoms with Gasteiger partial charge in [-0.1, -0.05) is 13.8 Å². The molecule has 0 bridgehead atoms. The third-order valence-electron chi connectivity index (χ3n) is 3.73. The van der Waals surface area contributed by atoms with Gasteiger partial charge in [0.2, 0.25) is 0 Å². The van der Waals surface area contributed by atoms with Crippen molar-refractivity contribution < 1.29 is 5.11 Å². The van der Waals surface area contributed by atoms with E-state index in [1.165, 1.54) is 0 Å². The molecule has 2 heterocycles. The molecule has 0 saturated carbocycles. The van der Waals surface area contributed by atoms with Crippen molar-refractivity contribution in [1.29, 1.82) is 0 Å². The van der Waals surface area contributed by atoms with E-state index in [0.29, 0.717) is 0 Å². The Hall–Kier alpha value is -1.16. The SMILES string of the molecule is CCc1cc(N2CCCC(C)(CO)C2)nc(C)n1. The van der Waals surface area contributed by atoms with Crippen LogP contribution in [-0.2, 0) is 6.42 Å². The Morgan fingerprint density at radius 3 is 2.89 bits per heavy atom. The minimum absolute atomic E-state index is 0.00346. The fourth-order valence-electron chi connectivity index (χ4n) is 2.60. The third-order valence-corrected chi connectivity index (χ3v) is 3.73. The normalized spacial score (nSPS) is 24.3. The summed E-state index contributed by atoms with van der Waals surface area (Å²) in [6, 6.07) is 2.08. The first-order chi connectivity index (χ1) is 8.56. The summed E-state index contributed by atoms with van der Waals surface area (Å²) >= 11 is 0. The number of aliphatic hydroxyl groups excluding tert-OH is 1. The van der Waals surface area contributed by atoms with Gasteiger partial charge in [0, 0.05) is 30.3 Å². The molecule has 1 aromatic rings. The standard InChI is InChI=1S/C14H23N3O/c1-4-12-8-13(16-11(2)15-12)17-7-5-6-14(3,9-17)10-18/h8,18H,4-7,9-10H2,1-3H3. The fourth-order valence-corrected chi connectivity index (χ4v) is 2.60. The van der Waals surface area contributed by atoms with Gasteiger partial charge in [-0.15, -0.1) is 0 Å². The summed E-state index contributed by atoms with van der Waals surface area (Å²) in [6.07, 6.45) is 3.13. The Bertz CT molecular complexity index is 422. The summed E-state index contributed by atoms with van der Waals surface area (Å²) in [6.45, 7) is 8.35. The summed E-state index contributed by atoms with van der Waals surface area (Å²) in [4.78, 5) is 11.2. The average Bonchev–Trinajstić information content (AvgIpc) is 2.38. The van der Waals surface area contributed by atoms with Crippen molar-refractivity contribution in [3.8, 4) is 0 Å². The van der Waals surface area contributed by atoms with Crippen molar-refractivity contribution in [2.45, 2.75) is 40.0 Å². The smallest absolute Gasteiger partial charge is 0.132 e. The quantitative estimate of drug-likeness (QED) is 0.889. The first-order valence-corrected chi connectivity index (χ1v) is 6.77. The van der Waals surface area contributed by atoms with Crippen LogP contribution in [0.25, 0.3) is 0 Å². The van der Waals surface area contributed by atoms with E-state index in [1.54, 1.807) is 0 Å². The molecule has 0 radical (unpaired) electrons. The highest BCUT2D eigenvalue weighted by Gasteiger charge is 2.31. The fraction of sp³-hybridized carbons (Fsp3) is 0.714. The van der Waals surface area contributed by atoms with Gasteiger partial charge in [-0.05, 0) is 26.2 Å². The summed E-state index contributed by atoms with van der Waals surface area (Å²) in [5.74, 6) is 1.85. The molecule has 2 rings (SSSR count). The molecular weight excluding hydrogens is 226 g/mol. The van der Waals surface area contributed by atoms with Crippen LogP contribution in [0.5, 0.6) is 0 Å². The van der Waals surface area contributed by atoms with Crippen LogP contribution in [0.2, 0.25) is 0 Å². The van der Waals surface area contributed by atoms with Crippen LogP contribution in [0, 0.1) is 12.3 Å². The van der Waals surface area contributed by atoms with Gasteiger partial charge < -0.3 is 10.0 Å². The summed E-state index contributed by atoms with van der Waals surface area (Å²) in [5, 5.41) is 9.51. The van der Waals surface area contributed by atoms with Crippen molar-refractivity contribution in [3.63, 3.8) is 0 Å². The van der Waals surface area contributed by atoms with Gasteiger partial charge in [0.15, 0.2) is 0 Å². The molecule has 1 aliphatic heterocycles. The van der Waals surface area contributed by atoms with E-state index in [1.807, 2.05) is 6.92 Å². The number of rotatable bonds is 3. The number of nitrogens with zero attached hydrogens (tertiary/aromatic N) is 3. The molecule has 1 atom stereocenters. The van der Waals surface area contributed by atoms with Gasteiger partial charge in [0.05, 0.1) is 6.61 Å². The topological polar surface area (TPSA) is 49.2 Å². The van der Waals surface area contributed by atoms with E-state index in [9.17, 15) is 5.11 Å². The lowest BCUT2D eigenvalue weighted by atomic mass is 9.83. The van der Waals surface area contributed by atoms with E-state index >= 15 is 0 Å². The van der Waals surface area contributed by atoms with Gasteiger partial charge >= 0.3 is 0 Å². The van der Waals surface area contributed by atoms with E-state index < -0.39 is 0 Å². The van der Waals surface area contributed by atoms with E-state index in [2.05, 4.69) is 34.8 Å². The molecule has 0 aliphatic carbocycles. The summed E-state index contributed by atoms with van der Waals surface area (Å²) in [5.41, 5.74) is 1.09. The maximum absolute atomic E-state index is 9.51. The van der Waals surface area contributed by atoms with Crippen LogP contribution in [0.4, 0.5) is 5.82 Å². The average molecular weight is 249 g/mol. The number of aryl methyl sites for hydroxylation is 2. The molecular formula is C14H23N3O. The maximum atomic E-state index is 9.51. The maximum Gasteiger partial charge on any atom is 0.132 e. The van der Waals surface area contributed by atoms with Crippen molar-refractivity contribution >= 4 is 5.82 Å². The predicted octanol–water partition coefficient (Wildman–Crippen LogP) is 1.95. The number of anilines is 1. The Labute approximate surface area is 109 Å². The van der Waals surface area contributed by atoms with Crippen LogP contribution < -0.4 is 4.90 Å². The zero-order chi connectivity index (χ0) is 13.2. The van der Waals surface area contributed by atoms with Crippen LogP contribution >= 0.6 is 0 Å². The molecule has 1 N–H and O–H groups in total. The minimum Gasteiger partial charge on any atom is -0.396 e. The van der Waals surface area contributed by atoms with Crippen LogP contribution in [0.15, 0.2) is 6.07 Å². The molecule has 18 heavy (non-hydrogen) atoms.